The van der Waals surface area contributed by atoms with Gasteiger partial charge in [0, 0.05) is 37.6 Å². The topological polar surface area (TPSA) is 44.8 Å². The third-order valence-electron chi connectivity index (χ3n) is 4.38. The Morgan fingerprint density at radius 3 is 2.31 bits per heavy atom. The third kappa shape index (κ3) is 4.95. The fourth-order valence-corrected chi connectivity index (χ4v) is 3.02. The number of hydrogen-bond acceptors (Lipinski definition) is 4. The number of ether oxygens (including phenoxy) is 1. The molecule has 6 heteroatoms. The molecule has 1 aliphatic rings. The van der Waals surface area contributed by atoms with Gasteiger partial charge in [0.2, 0.25) is 5.91 Å². The second kappa shape index (κ2) is 8.67. The number of halogens is 1. The second-order valence-corrected chi connectivity index (χ2v) is 6.25. The van der Waals surface area contributed by atoms with Crippen molar-refractivity contribution in [2.45, 2.75) is 6.92 Å². The summed E-state index contributed by atoms with van der Waals surface area (Å²) in [5.74, 6) is 0.492. The highest BCUT2D eigenvalue weighted by molar-refractivity contribution is 5.92. The van der Waals surface area contributed by atoms with E-state index in [1.165, 1.54) is 17.8 Å². The number of carbonyl (C=O) groups excluding carboxylic acids is 1. The highest BCUT2D eigenvalue weighted by Gasteiger charge is 2.19. The van der Waals surface area contributed by atoms with E-state index in [1.807, 2.05) is 19.1 Å². The predicted molar refractivity (Wildman–Crippen MR) is 101 cm³/mol. The molecule has 0 radical (unpaired) electrons. The summed E-state index contributed by atoms with van der Waals surface area (Å²) in [6, 6.07) is 13.9. The summed E-state index contributed by atoms with van der Waals surface area (Å²) < 4.78 is 18.4. The molecule has 0 spiro atoms. The van der Waals surface area contributed by atoms with Crippen LogP contribution in [0.3, 0.4) is 0 Å². The molecule has 138 valence electrons. The number of piperazine rings is 1. The van der Waals surface area contributed by atoms with Crippen molar-refractivity contribution in [1.29, 1.82) is 0 Å². The van der Waals surface area contributed by atoms with E-state index in [9.17, 15) is 9.18 Å². The maximum atomic E-state index is 12.9. The average molecular weight is 357 g/mol. The van der Waals surface area contributed by atoms with Gasteiger partial charge < -0.3 is 15.0 Å². The zero-order valence-corrected chi connectivity index (χ0v) is 15.0. The summed E-state index contributed by atoms with van der Waals surface area (Å²) in [6.07, 6.45) is 0. The molecule has 1 amide bonds. The number of hydrogen-bond donors (Lipinski definition) is 1. The number of rotatable bonds is 6. The van der Waals surface area contributed by atoms with Crippen LogP contribution in [0.1, 0.15) is 6.92 Å². The van der Waals surface area contributed by atoms with E-state index in [0.29, 0.717) is 18.8 Å². The molecular weight excluding hydrogens is 333 g/mol. The molecule has 1 heterocycles. The van der Waals surface area contributed by atoms with Gasteiger partial charge in [-0.2, -0.15) is 0 Å². The molecule has 5 nitrogen and oxygen atoms in total. The lowest BCUT2D eigenvalue weighted by Crippen LogP contribution is -2.48. The number of nitrogens with zero attached hydrogens (tertiary/aromatic N) is 2. The van der Waals surface area contributed by atoms with Crippen LogP contribution in [0.2, 0.25) is 0 Å². The van der Waals surface area contributed by atoms with Crippen LogP contribution < -0.4 is 15.0 Å². The van der Waals surface area contributed by atoms with Crippen molar-refractivity contribution in [2.24, 2.45) is 0 Å². The Labute approximate surface area is 153 Å². The summed E-state index contributed by atoms with van der Waals surface area (Å²) in [5.41, 5.74) is 1.79. The number of anilines is 2. The maximum Gasteiger partial charge on any atom is 0.238 e. The molecule has 0 aromatic heterocycles. The molecule has 1 saturated heterocycles. The highest BCUT2D eigenvalue weighted by Crippen LogP contribution is 2.20. The van der Waals surface area contributed by atoms with E-state index in [1.54, 1.807) is 12.1 Å². The summed E-state index contributed by atoms with van der Waals surface area (Å²) in [5, 5.41) is 2.80. The molecule has 26 heavy (non-hydrogen) atoms. The molecule has 1 fully saturated rings. The minimum atomic E-state index is -0.312. The van der Waals surface area contributed by atoms with Crippen LogP contribution in [-0.2, 0) is 4.79 Å². The van der Waals surface area contributed by atoms with E-state index in [0.717, 1.165) is 31.9 Å². The van der Waals surface area contributed by atoms with Crippen molar-refractivity contribution in [3.63, 3.8) is 0 Å². The Balaban J connectivity index is 1.45. The van der Waals surface area contributed by atoms with Gasteiger partial charge in [-0.25, -0.2) is 4.39 Å². The van der Waals surface area contributed by atoms with Crippen LogP contribution in [0.4, 0.5) is 15.8 Å². The van der Waals surface area contributed by atoms with Crippen molar-refractivity contribution in [2.75, 3.05) is 49.5 Å². The summed E-state index contributed by atoms with van der Waals surface area (Å²) in [4.78, 5) is 16.6. The molecule has 0 unspecified atom stereocenters. The largest absolute Gasteiger partial charge is 0.494 e. The molecule has 1 N–H and O–H groups in total. The number of carbonyl (C=O) groups is 1. The SMILES string of the molecule is CCOc1ccc(N2CCN(CC(=O)Nc3ccc(F)cc3)CC2)cc1. The molecule has 0 atom stereocenters. The zero-order chi connectivity index (χ0) is 18.4. The van der Waals surface area contributed by atoms with Gasteiger partial charge in [-0.1, -0.05) is 0 Å². The number of benzene rings is 2. The fraction of sp³-hybridized carbons (Fsp3) is 0.350. The summed E-state index contributed by atoms with van der Waals surface area (Å²) in [7, 11) is 0. The Morgan fingerprint density at radius 2 is 1.69 bits per heavy atom. The van der Waals surface area contributed by atoms with Crippen molar-refractivity contribution < 1.29 is 13.9 Å². The molecule has 2 aromatic carbocycles. The van der Waals surface area contributed by atoms with Crippen LogP contribution in [0, 0.1) is 5.82 Å². The van der Waals surface area contributed by atoms with Crippen molar-refractivity contribution in [3.05, 3.63) is 54.3 Å². The van der Waals surface area contributed by atoms with E-state index < -0.39 is 0 Å². The van der Waals surface area contributed by atoms with Crippen LogP contribution in [0.15, 0.2) is 48.5 Å². The van der Waals surface area contributed by atoms with Crippen LogP contribution in [-0.4, -0.2) is 50.1 Å². The van der Waals surface area contributed by atoms with Gasteiger partial charge in [-0.3, -0.25) is 9.69 Å². The first-order valence-electron chi connectivity index (χ1n) is 8.89. The molecular formula is C20H24FN3O2. The number of nitrogens with one attached hydrogen (secondary N) is 1. The van der Waals surface area contributed by atoms with Gasteiger partial charge in [0.15, 0.2) is 0 Å². The Morgan fingerprint density at radius 1 is 1.04 bits per heavy atom. The monoisotopic (exact) mass is 357 g/mol. The Kier molecular flexibility index (Phi) is 6.07. The predicted octanol–water partition coefficient (Wildman–Crippen LogP) is 2.99. The molecule has 3 rings (SSSR count). The van der Waals surface area contributed by atoms with Gasteiger partial charge in [0.05, 0.1) is 13.2 Å². The first-order valence-corrected chi connectivity index (χ1v) is 8.89. The minimum Gasteiger partial charge on any atom is -0.494 e. The highest BCUT2D eigenvalue weighted by atomic mass is 19.1. The van der Waals surface area contributed by atoms with Crippen molar-refractivity contribution >= 4 is 17.3 Å². The van der Waals surface area contributed by atoms with E-state index in [-0.39, 0.29) is 11.7 Å². The van der Waals surface area contributed by atoms with E-state index in [2.05, 4.69) is 27.2 Å². The zero-order valence-electron chi connectivity index (χ0n) is 15.0. The van der Waals surface area contributed by atoms with Crippen molar-refractivity contribution in [3.8, 4) is 5.75 Å². The Hall–Kier alpha value is -2.60. The minimum absolute atomic E-state index is 0.0777. The number of amides is 1. The lowest BCUT2D eigenvalue weighted by molar-refractivity contribution is -0.117. The summed E-state index contributed by atoms with van der Waals surface area (Å²) >= 11 is 0. The first kappa shape index (κ1) is 18.2. The standard InChI is InChI=1S/C20H24FN3O2/c1-2-26-19-9-7-18(8-10-19)24-13-11-23(12-14-24)15-20(25)22-17-5-3-16(21)4-6-17/h3-10H,2,11-15H2,1H3,(H,22,25). The molecule has 0 saturated carbocycles. The van der Waals surface area contributed by atoms with Crippen LogP contribution in [0.25, 0.3) is 0 Å². The molecule has 0 aliphatic carbocycles. The lowest BCUT2D eigenvalue weighted by atomic mass is 10.2. The second-order valence-electron chi connectivity index (χ2n) is 6.25. The van der Waals surface area contributed by atoms with Gasteiger partial charge in [-0.05, 0) is 55.5 Å². The smallest absolute Gasteiger partial charge is 0.238 e. The van der Waals surface area contributed by atoms with Crippen LogP contribution >= 0.6 is 0 Å². The normalized spacial score (nSPS) is 14.9. The summed E-state index contributed by atoms with van der Waals surface area (Å²) in [6.45, 7) is 6.37. The lowest BCUT2D eigenvalue weighted by Gasteiger charge is -2.35. The van der Waals surface area contributed by atoms with E-state index >= 15 is 0 Å². The van der Waals surface area contributed by atoms with Crippen molar-refractivity contribution in [1.82, 2.24) is 4.90 Å². The van der Waals surface area contributed by atoms with Gasteiger partial charge in [0.25, 0.3) is 0 Å². The van der Waals surface area contributed by atoms with Gasteiger partial charge >= 0.3 is 0 Å². The maximum absolute atomic E-state index is 12.9. The molecule has 2 aromatic rings. The molecule has 0 bridgehead atoms. The first-order chi connectivity index (χ1) is 12.6. The fourth-order valence-electron chi connectivity index (χ4n) is 3.02. The van der Waals surface area contributed by atoms with Gasteiger partial charge in [-0.15, -0.1) is 0 Å². The van der Waals surface area contributed by atoms with E-state index in [4.69, 9.17) is 4.74 Å². The third-order valence-corrected chi connectivity index (χ3v) is 4.38. The quantitative estimate of drug-likeness (QED) is 0.863. The molecule has 1 aliphatic heterocycles. The van der Waals surface area contributed by atoms with Gasteiger partial charge in [0.1, 0.15) is 11.6 Å². The average Bonchev–Trinajstić information content (AvgIpc) is 2.65. The van der Waals surface area contributed by atoms with Crippen LogP contribution in [0.5, 0.6) is 5.75 Å². The Bertz CT molecular complexity index is 711.